The van der Waals surface area contributed by atoms with Gasteiger partial charge in [-0.05, 0) is 43.1 Å². The molecule has 1 aromatic rings. The van der Waals surface area contributed by atoms with Gasteiger partial charge >= 0.3 is 0 Å². The Balaban J connectivity index is 1.76. The van der Waals surface area contributed by atoms with Crippen LogP contribution in [0.25, 0.3) is 0 Å². The van der Waals surface area contributed by atoms with E-state index in [0.29, 0.717) is 12.0 Å². The molecule has 4 heteroatoms. The monoisotopic (exact) mass is 279 g/mol. The molecule has 0 amide bonds. The molecule has 0 aliphatic carbocycles. The molecule has 1 aliphatic rings. The number of nitrogens with zero attached hydrogens (tertiary/aromatic N) is 2. The van der Waals surface area contributed by atoms with Crippen molar-refractivity contribution >= 4 is 5.69 Å². The molecule has 2 N–H and O–H groups in total. The van der Waals surface area contributed by atoms with Crippen molar-refractivity contribution in [3.63, 3.8) is 0 Å². The molecule has 1 aliphatic heterocycles. The van der Waals surface area contributed by atoms with E-state index in [1.807, 2.05) is 12.1 Å². The van der Waals surface area contributed by atoms with Crippen LogP contribution in [0.4, 0.5) is 10.1 Å². The molecule has 0 bridgehead atoms. The predicted octanol–water partition coefficient (Wildman–Crippen LogP) is 2.32. The summed E-state index contributed by atoms with van der Waals surface area (Å²) in [5.41, 5.74) is 7.21. The molecule has 3 nitrogen and oxygen atoms in total. The minimum atomic E-state index is -0.171. The van der Waals surface area contributed by atoms with Crippen molar-refractivity contribution in [1.29, 1.82) is 0 Å². The summed E-state index contributed by atoms with van der Waals surface area (Å²) >= 11 is 0. The SMILES string of the molecule is CC(C)C(N)CCN1CCN(c2ccc(F)cc2)CC1. The number of benzene rings is 1. The summed E-state index contributed by atoms with van der Waals surface area (Å²) in [6, 6.07) is 7.08. The second kappa shape index (κ2) is 7.04. The fraction of sp³-hybridized carbons (Fsp3) is 0.625. The maximum atomic E-state index is 12.9. The third-order valence-electron chi connectivity index (χ3n) is 4.20. The normalized spacial score (nSPS) is 18.6. The lowest BCUT2D eigenvalue weighted by Crippen LogP contribution is -2.47. The third-order valence-corrected chi connectivity index (χ3v) is 4.20. The fourth-order valence-electron chi connectivity index (χ4n) is 2.55. The van der Waals surface area contributed by atoms with Crippen LogP contribution < -0.4 is 10.6 Å². The summed E-state index contributed by atoms with van der Waals surface area (Å²) in [6.45, 7) is 9.56. The van der Waals surface area contributed by atoms with Crippen LogP contribution in [0.5, 0.6) is 0 Å². The number of hydrogen-bond acceptors (Lipinski definition) is 3. The molecular weight excluding hydrogens is 253 g/mol. The smallest absolute Gasteiger partial charge is 0.123 e. The van der Waals surface area contributed by atoms with Gasteiger partial charge in [0.25, 0.3) is 0 Å². The Morgan fingerprint density at radius 1 is 1.10 bits per heavy atom. The van der Waals surface area contributed by atoms with Gasteiger partial charge in [0.2, 0.25) is 0 Å². The first-order chi connectivity index (χ1) is 9.56. The topological polar surface area (TPSA) is 32.5 Å². The Morgan fingerprint density at radius 2 is 1.70 bits per heavy atom. The van der Waals surface area contributed by atoms with E-state index < -0.39 is 0 Å². The van der Waals surface area contributed by atoms with Crippen LogP contribution in [-0.2, 0) is 0 Å². The van der Waals surface area contributed by atoms with E-state index in [9.17, 15) is 4.39 Å². The Hall–Kier alpha value is -1.13. The van der Waals surface area contributed by atoms with Crippen molar-refractivity contribution in [2.75, 3.05) is 37.6 Å². The van der Waals surface area contributed by atoms with E-state index in [0.717, 1.165) is 44.8 Å². The molecule has 1 fully saturated rings. The minimum Gasteiger partial charge on any atom is -0.369 e. The van der Waals surface area contributed by atoms with E-state index in [1.165, 1.54) is 12.1 Å². The average Bonchev–Trinajstić information content (AvgIpc) is 2.46. The summed E-state index contributed by atoms with van der Waals surface area (Å²) in [7, 11) is 0. The zero-order valence-corrected chi connectivity index (χ0v) is 12.6. The highest BCUT2D eigenvalue weighted by Gasteiger charge is 2.18. The number of hydrogen-bond donors (Lipinski definition) is 1. The molecule has 1 heterocycles. The standard InChI is InChI=1S/C16H26FN3/c1-13(2)16(18)7-8-19-9-11-20(12-10-19)15-5-3-14(17)4-6-15/h3-6,13,16H,7-12,18H2,1-2H3. The van der Waals surface area contributed by atoms with Crippen LogP contribution in [0.1, 0.15) is 20.3 Å². The van der Waals surface area contributed by atoms with Crippen molar-refractivity contribution < 1.29 is 4.39 Å². The molecular formula is C16H26FN3. The van der Waals surface area contributed by atoms with Gasteiger partial charge in [-0.2, -0.15) is 0 Å². The largest absolute Gasteiger partial charge is 0.369 e. The predicted molar refractivity (Wildman–Crippen MR) is 82.5 cm³/mol. The van der Waals surface area contributed by atoms with Gasteiger partial charge in [-0.3, -0.25) is 4.90 Å². The van der Waals surface area contributed by atoms with Crippen LogP contribution in [0.2, 0.25) is 0 Å². The van der Waals surface area contributed by atoms with Crippen molar-refractivity contribution in [2.45, 2.75) is 26.3 Å². The van der Waals surface area contributed by atoms with Gasteiger partial charge in [-0.15, -0.1) is 0 Å². The first kappa shape index (κ1) is 15.3. The number of piperazine rings is 1. The molecule has 112 valence electrons. The van der Waals surface area contributed by atoms with E-state index in [1.54, 1.807) is 0 Å². The maximum Gasteiger partial charge on any atom is 0.123 e. The molecule has 0 radical (unpaired) electrons. The van der Waals surface area contributed by atoms with Gasteiger partial charge in [-0.1, -0.05) is 13.8 Å². The van der Waals surface area contributed by atoms with Gasteiger partial charge in [0.05, 0.1) is 0 Å². The zero-order valence-electron chi connectivity index (χ0n) is 12.6. The van der Waals surface area contributed by atoms with Gasteiger partial charge in [0.1, 0.15) is 5.82 Å². The lowest BCUT2D eigenvalue weighted by Gasteiger charge is -2.36. The van der Waals surface area contributed by atoms with Crippen LogP contribution in [-0.4, -0.2) is 43.7 Å². The Kier molecular flexibility index (Phi) is 5.38. The summed E-state index contributed by atoms with van der Waals surface area (Å²) in [6.07, 6.45) is 1.06. The Bertz CT molecular complexity index is 397. The highest BCUT2D eigenvalue weighted by molar-refractivity contribution is 5.46. The highest BCUT2D eigenvalue weighted by atomic mass is 19.1. The lowest BCUT2D eigenvalue weighted by atomic mass is 10.0. The van der Waals surface area contributed by atoms with Crippen LogP contribution in [0, 0.1) is 11.7 Å². The summed E-state index contributed by atoms with van der Waals surface area (Å²) in [5.74, 6) is 0.380. The first-order valence-electron chi connectivity index (χ1n) is 7.54. The van der Waals surface area contributed by atoms with Gasteiger partial charge < -0.3 is 10.6 Å². The molecule has 0 aromatic heterocycles. The van der Waals surface area contributed by atoms with Gasteiger partial charge in [0, 0.05) is 37.9 Å². The van der Waals surface area contributed by atoms with E-state index in [2.05, 4.69) is 23.6 Å². The molecule has 1 aromatic carbocycles. The first-order valence-corrected chi connectivity index (χ1v) is 7.54. The average molecular weight is 279 g/mol. The van der Waals surface area contributed by atoms with Gasteiger partial charge in [-0.25, -0.2) is 4.39 Å². The number of halogens is 1. The molecule has 1 atom stereocenters. The summed E-state index contributed by atoms with van der Waals surface area (Å²) < 4.78 is 12.9. The molecule has 1 saturated heterocycles. The van der Waals surface area contributed by atoms with E-state index >= 15 is 0 Å². The quantitative estimate of drug-likeness (QED) is 0.898. The summed E-state index contributed by atoms with van der Waals surface area (Å²) in [5, 5.41) is 0. The fourth-order valence-corrected chi connectivity index (χ4v) is 2.55. The minimum absolute atomic E-state index is 0.171. The van der Waals surface area contributed by atoms with Crippen LogP contribution in [0.3, 0.4) is 0 Å². The summed E-state index contributed by atoms with van der Waals surface area (Å²) in [4.78, 5) is 4.79. The molecule has 0 saturated carbocycles. The van der Waals surface area contributed by atoms with E-state index in [4.69, 9.17) is 5.73 Å². The van der Waals surface area contributed by atoms with Crippen molar-refractivity contribution in [3.05, 3.63) is 30.1 Å². The molecule has 2 rings (SSSR count). The number of anilines is 1. The van der Waals surface area contributed by atoms with Gasteiger partial charge in [0.15, 0.2) is 0 Å². The van der Waals surface area contributed by atoms with Crippen molar-refractivity contribution in [1.82, 2.24) is 4.90 Å². The number of rotatable bonds is 5. The maximum absolute atomic E-state index is 12.9. The zero-order chi connectivity index (χ0) is 14.5. The van der Waals surface area contributed by atoms with E-state index in [-0.39, 0.29) is 5.82 Å². The Labute approximate surface area is 121 Å². The molecule has 1 unspecified atom stereocenters. The molecule has 0 spiro atoms. The third kappa shape index (κ3) is 4.18. The molecule has 20 heavy (non-hydrogen) atoms. The second-order valence-electron chi connectivity index (χ2n) is 6.00. The number of nitrogens with two attached hydrogens (primary N) is 1. The Morgan fingerprint density at radius 3 is 2.25 bits per heavy atom. The van der Waals surface area contributed by atoms with Crippen molar-refractivity contribution in [2.24, 2.45) is 11.7 Å². The van der Waals surface area contributed by atoms with Crippen LogP contribution >= 0.6 is 0 Å². The lowest BCUT2D eigenvalue weighted by molar-refractivity contribution is 0.241. The van der Waals surface area contributed by atoms with Crippen molar-refractivity contribution in [3.8, 4) is 0 Å². The highest BCUT2D eigenvalue weighted by Crippen LogP contribution is 2.17. The van der Waals surface area contributed by atoms with Crippen LogP contribution in [0.15, 0.2) is 24.3 Å². The second-order valence-corrected chi connectivity index (χ2v) is 6.00.